The minimum absolute atomic E-state index is 0.0163. The third-order valence-corrected chi connectivity index (χ3v) is 2.04. The van der Waals surface area contributed by atoms with Crippen LogP contribution < -0.4 is 5.32 Å². The number of esters is 1. The lowest BCUT2D eigenvalue weighted by Crippen LogP contribution is -2.21. The molecule has 1 N–H and O–H groups in total. The quantitative estimate of drug-likeness (QED) is 0.516. The molecule has 0 amide bonds. The van der Waals surface area contributed by atoms with Gasteiger partial charge in [-0.2, -0.15) is 5.10 Å². The van der Waals surface area contributed by atoms with Crippen LogP contribution in [0.25, 0.3) is 0 Å². The molecule has 1 rings (SSSR count). The van der Waals surface area contributed by atoms with Crippen LogP contribution in [0.4, 0.5) is 0 Å². The second kappa shape index (κ2) is 7.81. The van der Waals surface area contributed by atoms with Gasteiger partial charge >= 0.3 is 5.97 Å². The Kier molecular flexibility index (Phi) is 6.27. The molecular formula is C11H19N3O3. The van der Waals surface area contributed by atoms with Crippen LogP contribution in [0.15, 0.2) is 12.4 Å². The van der Waals surface area contributed by atoms with Crippen LogP contribution >= 0.6 is 0 Å². The predicted molar refractivity (Wildman–Crippen MR) is 62.4 cm³/mol. The zero-order chi connectivity index (χ0) is 12.5. The van der Waals surface area contributed by atoms with E-state index in [1.54, 1.807) is 11.6 Å². The van der Waals surface area contributed by atoms with Crippen molar-refractivity contribution in [2.45, 2.75) is 13.5 Å². The second-order valence-electron chi connectivity index (χ2n) is 3.56. The van der Waals surface area contributed by atoms with E-state index in [0.717, 1.165) is 12.1 Å². The van der Waals surface area contributed by atoms with Crippen molar-refractivity contribution in [1.82, 2.24) is 15.1 Å². The highest BCUT2D eigenvalue weighted by Gasteiger charge is 2.00. The molecule has 0 bridgehead atoms. The van der Waals surface area contributed by atoms with Gasteiger partial charge in [-0.1, -0.05) is 0 Å². The number of ether oxygens (including phenoxy) is 2. The van der Waals surface area contributed by atoms with Gasteiger partial charge in [0, 0.05) is 31.9 Å². The van der Waals surface area contributed by atoms with E-state index in [-0.39, 0.29) is 12.6 Å². The number of carbonyl (C=O) groups is 1. The molecule has 1 aromatic rings. The van der Waals surface area contributed by atoms with Crippen LogP contribution in [0, 0.1) is 0 Å². The van der Waals surface area contributed by atoms with Gasteiger partial charge in [-0.3, -0.25) is 4.68 Å². The first kappa shape index (κ1) is 13.7. The summed E-state index contributed by atoms with van der Waals surface area (Å²) >= 11 is 0. The first-order chi connectivity index (χ1) is 8.22. The van der Waals surface area contributed by atoms with Gasteiger partial charge in [0.1, 0.15) is 6.61 Å². The summed E-state index contributed by atoms with van der Waals surface area (Å²) in [5.41, 5.74) is 1.12. The minimum atomic E-state index is -0.320. The smallest absolute Gasteiger partial charge is 0.332 e. The molecule has 17 heavy (non-hydrogen) atoms. The number of rotatable bonds is 8. The molecule has 0 aliphatic carbocycles. The average molecular weight is 241 g/mol. The highest BCUT2D eigenvalue weighted by Crippen LogP contribution is 1.94. The molecule has 1 heterocycles. The Bertz CT molecular complexity index is 338. The molecule has 0 spiro atoms. The highest BCUT2D eigenvalue weighted by molar-refractivity contribution is 5.70. The topological polar surface area (TPSA) is 65.4 Å². The lowest BCUT2D eigenvalue weighted by molar-refractivity contribution is -0.148. The van der Waals surface area contributed by atoms with Crippen molar-refractivity contribution in [3.05, 3.63) is 18.0 Å². The van der Waals surface area contributed by atoms with E-state index in [9.17, 15) is 4.79 Å². The molecule has 0 radical (unpaired) electrons. The largest absolute Gasteiger partial charge is 0.464 e. The van der Waals surface area contributed by atoms with Crippen LogP contribution in [-0.4, -0.2) is 42.1 Å². The minimum Gasteiger partial charge on any atom is -0.464 e. The molecular weight excluding hydrogens is 222 g/mol. The van der Waals surface area contributed by atoms with Crippen molar-refractivity contribution in [3.63, 3.8) is 0 Å². The Morgan fingerprint density at radius 1 is 1.59 bits per heavy atom. The van der Waals surface area contributed by atoms with Gasteiger partial charge in [-0.25, -0.2) is 4.79 Å². The zero-order valence-corrected chi connectivity index (χ0v) is 10.3. The van der Waals surface area contributed by atoms with E-state index in [1.807, 2.05) is 19.4 Å². The fourth-order valence-corrected chi connectivity index (χ4v) is 1.30. The normalized spacial score (nSPS) is 10.5. The van der Waals surface area contributed by atoms with E-state index in [2.05, 4.69) is 10.4 Å². The Morgan fingerprint density at radius 3 is 3.06 bits per heavy atom. The Labute approximate surface area is 101 Å². The van der Waals surface area contributed by atoms with Gasteiger partial charge in [0.25, 0.3) is 0 Å². The Hall–Kier alpha value is -1.40. The lowest BCUT2D eigenvalue weighted by Gasteiger charge is -2.04. The van der Waals surface area contributed by atoms with Crippen molar-refractivity contribution in [2.75, 3.05) is 26.4 Å². The van der Waals surface area contributed by atoms with E-state index >= 15 is 0 Å². The molecule has 1 aromatic heterocycles. The van der Waals surface area contributed by atoms with Gasteiger partial charge in [-0.15, -0.1) is 0 Å². The maximum Gasteiger partial charge on any atom is 0.332 e. The fraction of sp³-hybridized carbons (Fsp3) is 0.636. The maximum atomic E-state index is 10.9. The van der Waals surface area contributed by atoms with Gasteiger partial charge in [0.05, 0.1) is 19.4 Å². The van der Waals surface area contributed by atoms with Crippen molar-refractivity contribution in [3.8, 4) is 0 Å². The Morgan fingerprint density at radius 2 is 2.41 bits per heavy atom. The number of nitrogens with one attached hydrogen (secondary N) is 1. The number of nitrogens with zero attached hydrogens (tertiary/aromatic N) is 2. The molecule has 0 unspecified atom stereocenters. The van der Waals surface area contributed by atoms with Crippen molar-refractivity contribution >= 4 is 5.97 Å². The second-order valence-corrected chi connectivity index (χ2v) is 3.56. The van der Waals surface area contributed by atoms with Crippen LogP contribution in [0.5, 0.6) is 0 Å². The molecule has 0 fully saturated rings. The summed E-state index contributed by atoms with van der Waals surface area (Å²) in [6.07, 6.45) is 3.76. The third-order valence-electron chi connectivity index (χ3n) is 2.04. The average Bonchev–Trinajstić information content (AvgIpc) is 2.70. The van der Waals surface area contributed by atoms with Gasteiger partial charge in [-0.05, 0) is 6.92 Å². The van der Waals surface area contributed by atoms with Crippen LogP contribution in [0.3, 0.4) is 0 Å². The zero-order valence-electron chi connectivity index (χ0n) is 10.3. The molecule has 0 saturated carbocycles. The summed E-state index contributed by atoms with van der Waals surface area (Å²) < 4.78 is 11.6. The number of hydrogen-bond donors (Lipinski definition) is 1. The molecule has 0 saturated heterocycles. The van der Waals surface area contributed by atoms with E-state index < -0.39 is 0 Å². The number of aryl methyl sites for hydroxylation is 1. The van der Waals surface area contributed by atoms with Crippen LogP contribution in [-0.2, 0) is 27.9 Å². The standard InChI is InChI=1S/C11H19N3O3/c1-3-17-11(15)9-16-5-4-12-6-10-7-13-14(2)8-10/h7-8,12H,3-6,9H2,1-2H3. The molecule has 0 aliphatic rings. The van der Waals surface area contributed by atoms with E-state index in [4.69, 9.17) is 9.47 Å². The molecule has 0 aromatic carbocycles. The first-order valence-corrected chi connectivity index (χ1v) is 5.64. The van der Waals surface area contributed by atoms with Crippen molar-refractivity contribution in [1.29, 1.82) is 0 Å². The molecule has 96 valence electrons. The highest BCUT2D eigenvalue weighted by atomic mass is 16.6. The van der Waals surface area contributed by atoms with Gasteiger partial charge in [0.2, 0.25) is 0 Å². The summed E-state index contributed by atoms with van der Waals surface area (Å²) in [7, 11) is 1.88. The van der Waals surface area contributed by atoms with Crippen LogP contribution in [0.2, 0.25) is 0 Å². The van der Waals surface area contributed by atoms with E-state index in [0.29, 0.717) is 19.8 Å². The van der Waals surface area contributed by atoms with Crippen LogP contribution in [0.1, 0.15) is 12.5 Å². The maximum absolute atomic E-state index is 10.9. The fourth-order valence-electron chi connectivity index (χ4n) is 1.30. The summed E-state index contributed by atoms with van der Waals surface area (Å²) in [5.74, 6) is -0.320. The Balaban J connectivity index is 1.96. The summed E-state index contributed by atoms with van der Waals surface area (Å²) in [6, 6.07) is 0. The van der Waals surface area contributed by atoms with Gasteiger partial charge in [0.15, 0.2) is 0 Å². The lowest BCUT2D eigenvalue weighted by atomic mass is 10.3. The molecule has 6 heteroatoms. The number of carbonyl (C=O) groups excluding carboxylic acids is 1. The molecule has 0 aliphatic heterocycles. The summed E-state index contributed by atoms with van der Waals surface area (Å²) in [5, 5.41) is 7.25. The molecule has 0 atom stereocenters. The van der Waals surface area contributed by atoms with Crippen molar-refractivity contribution in [2.24, 2.45) is 7.05 Å². The summed E-state index contributed by atoms with van der Waals surface area (Å²) in [4.78, 5) is 10.9. The van der Waals surface area contributed by atoms with Crippen molar-refractivity contribution < 1.29 is 14.3 Å². The monoisotopic (exact) mass is 241 g/mol. The number of aromatic nitrogens is 2. The third kappa shape index (κ3) is 6.03. The summed E-state index contributed by atoms with van der Waals surface area (Å²) in [6.45, 7) is 4.10. The van der Waals surface area contributed by atoms with E-state index in [1.165, 1.54) is 0 Å². The number of hydrogen-bond acceptors (Lipinski definition) is 5. The molecule has 6 nitrogen and oxygen atoms in total. The van der Waals surface area contributed by atoms with Gasteiger partial charge < -0.3 is 14.8 Å². The first-order valence-electron chi connectivity index (χ1n) is 5.64. The predicted octanol–water partition coefficient (Wildman–Crippen LogP) is 0.0894. The SMILES string of the molecule is CCOC(=O)COCCNCc1cnn(C)c1.